The molecule has 0 aromatic heterocycles. The van der Waals surface area contributed by atoms with Crippen LogP contribution in [0.1, 0.15) is 54.0 Å². The van der Waals surface area contributed by atoms with E-state index in [0.29, 0.717) is 5.92 Å². The average Bonchev–Trinajstić information content (AvgIpc) is 2.53. The second-order valence-corrected chi connectivity index (χ2v) is 5.36. The van der Waals surface area contributed by atoms with E-state index in [9.17, 15) is 0 Å². The van der Waals surface area contributed by atoms with Crippen molar-refractivity contribution < 1.29 is 0 Å². The molecule has 0 heteroatoms. The van der Waals surface area contributed by atoms with Crippen LogP contribution in [0.15, 0.2) is 60.7 Å². The highest BCUT2D eigenvalue weighted by atomic mass is 14.2. The van der Waals surface area contributed by atoms with E-state index < -0.39 is 0 Å². The van der Waals surface area contributed by atoms with E-state index in [2.05, 4.69) is 81.5 Å². The minimum absolute atomic E-state index is 0.141. The normalized spacial score (nSPS) is 24.5. The molecule has 0 aliphatic heterocycles. The van der Waals surface area contributed by atoms with E-state index in [1.165, 1.54) is 11.1 Å². The Balaban J connectivity index is 0.000000921. The van der Waals surface area contributed by atoms with Gasteiger partial charge in [-0.3, -0.25) is 0 Å². The van der Waals surface area contributed by atoms with Crippen LogP contribution in [0.2, 0.25) is 0 Å². The first kappa shape index (κ1) is 19.4. The van der Waals surface area contributed by atoms with Crippen LogP contribution < -0.4 is 0 Å². The predicted octanol–water partition coefficient (Wildman–Crippen LogP) is 6.91. The van der Waals surface area contributed by atoms with Crippen LogP contribution in [-0.4, -0.2) is 0 Å². The smallest absolute Gasteiger partial charge is 0.000795 e. The van der Waals surface area contributed by atoms with Crippen molar-refractivity contribution in [2.24, 2.45) is 11.3 Å². The molecule has 21 heavy (non-hydrogen) atoms. The van der Waals surface area contributed by atoms with Crippen LogP contribution in [0, 0.1) is 11.3 Å². The molecule has 1 aliphatic rings. The number of hydrogen-bond acceptors (Lipinski definition) is 0. The number of rotatable bonds is 1. The quantitative estimate of drug-likeness (QED) is 0.491. The third-order valence-corrected chi connectivity index (χ3v) is 3.07. The monoisotopic (exact) mass is 284 g/mol. The van der Waals surface area contributed by atoms with Gasteiger partial charge in [0.15, 0.2) is 0 Å². The molecular weight excluding hydrogens is 252 g/mol. The molecule has 0 saturated heterocycles. The summed E-state index contributed by atoms with van der Waals surface area (Å²) in [5.41, 5.74) is 2.75. The standard InChI is InChI=1S/C17H20.2C2H6/c1-14-9-11-17(2,3)12-10-16(13-14)15-7-5-4-6-8-15;2*1-2/h4-14H,1-3H3;2*1-2H3/b11-9-,12-10-,16-13+;;. The van der Waals surface area contributed by atoms with Gasteiger partial charge < -0.3 is 0 Å². The molecule has 0 nitrogen and oxygen atoms in total. The first-order chi connectivity index (χ1) is 10.1. The molecule has 0 radical (unpaired) electrons. The minimum Gasteiger partial charge on any atom is -0.0810 e. The number of allylic oxidation sites excluding steroid dienone is 6. The molecule has 0 bridgehead atoms. The molecule has 1 unspecified atom stereocenters. The van der Waals surface area contributed by atoms with Gasteiger partial charge in [-0.2, -0.15) is 0 Å². The van der Waals surface area contributed by atoms with Gasteiger partial charge in [0, 0.05) is 5.41 Å². The fraction of sp³-hybridized carbons (Fsp3) is 0.429. The molecule has 0 heterocycles. The van der Waals surface area contributed by atoms with Crippen molar-refractivity contribution in [2.45, 2.75) is 48.5 Å². The van der Waals surface area contributed by atoms with Crippen LogP contribution >= 0.6 is 0 Å². The summed E-state index contributed by atoms with van der Waals surface area (Å²) in [6.45, 7) is 14.7. The van der Waals surface area contributed by atoms with Crippen molar-refractivity contribution in [3.05, 3.63) is 66.3 Å². The van der Waals surface area contributed by atoms with Gasteiger partial charge >= 0.3 is 0 Å². The Morgan fingerprint density at radius 1 is 0.857 bits per heavy atom. The second kappa shape index (κ2) is 10.2. The summed E-state index contributed by atoms with van der Waals surface area (Å²) >= 11 is 0. The highest BCUT2D eigenvalue weighted by Crippen LogP contribution is 2.27. The van der Waals surface area contributed by atoms with Crippen LogP contribution in [-0.2, 0) is 0 Å². The summed E-state index contributed by atoms with van der Waals surface area (Å²) < 4.78 is 0. The van der Waals surface area contributed by atoms with Gasteiger partial charge in [0.25, 0.3) is 0 Å². The zero-order valence-electron chi connectivity index (χ0n) is 14.9. The van der Waals surface area contributed by atoms with Gasteiger partial charge in [-0.25, -0.2) is 0 Å². The molecule has 1 aromatic rings. The van der Waals surface area contributed by atoms with Gasteiger partial charge in [0.1, 0.15) is 0 Å². The largest absolute Gasteiger partial charge is 0.0810 e. The summed E-state index contributed by atoms with van der Waals surface area (Å²) in [4.78, 5) is 0. The molecule has 116 valence electrons. The lowest BCUT2D eigenvalue weighted by molar-refractivity contribution is 0.619. The van der Waals surface area contributed by atoms with Gasteiger partial charge in [-0.15, -0.1) is 0 Å². The lowest BCUT2D eigenvalue weighted by Crippen LogP contribution is -2.05. The molecular formula is C21H32. The van der Waals surface area contributed by atoms with E-state index in [1.807, 2.05) is 27.7 Å². The molecule has 0 amide bonds. The molecule has 2 rings (SSSR count). The fourth-order valence-corrected chi connectivity index (χ4v) is 1.98. The van der Waals surface area contributed by atoms with Gasteiger partial charge in [-0.05, 0) is 17.1 Å². The van der Waals surface area contributed by atoms with Gasteiger partial charge in [0.2, 0.25) is 0 Å². The summed E-state index contributed by atoms with van der Waals surface area (Å²) in [6.07, 6.45) is 11.4. The van der Waals surface area contributed by atoms with E-state index >= 15 is 0 Å². The van der Waals surface area contributed by atoms with E-state index in [1.54, 1.807) is 0 Å². The second-order valence-electron chi connectivity index (χ2n) is 5.36. The highest BCUT2D eigenvalue weighted by molar-refractivity contribution is 5.74. The van der Waals surface area contributed by atoms with Crippen molar-refractivity contribution in [3.8, 4) is 0 Å². The van der Waals surface area contributed by atoms with Crippen molar-refractivity contribution in [1.82, 2.24) is 0 Å². The van der Waals surface area contributed by atoms with Crippen molar-refractivity contribution >= 4 is 5.57 Å². The Kier molecular flexibility index (Phi) is 9.45. The lowest BCUT2D eigenvalue weighted by Gasteiger charge is -2.18. The Labute approximate surface area is 132 Å². The summed E-state index contributed by atoms with van der Waals surface area (Å²) in [6, 6.07) is 10.6. The third kappa shape index (κ3) is 7.13. The Morgan fingerprint density at radius 2 is 1.43 bits per heavy atom. The highest BCUT2D eigenvalue weighted by Gasteiger charge is 2.12. The van der Waals surface area contributed by atoms with Crippen molar-refractivity contribution in [1.29, 1.82) is 0 Å². The van der Waals surface area contributed by atoms with Crippen molar-refractivity contribution in [3.63, 3.8) is 0 Å². The lowest BCUT2D eigenvalue weighted by atomic mass is 9.87. The number of benzene rings is 1. The predicted molar refractivity (Wildman–Crippen MR) is 98.3 cm³/mol. The maximum atomic E-state index is 2.32. The molecule has 0 saturated carbocycles. The van der Waals surface area contributed by atoms with Crippen LogP contribution in [0.5, 0.6) is 0 Å². The molecule has 1 aromatic carbocycles. The molecule has 0 spiro atoms. The molecule has 0 N–H and O–H groups in total. The summed E-state index contributed by atoms with van der Waals surface area (Å²) in [7, 11) is 0. The minimum atomic E-state index is 0.141. The Morgan fingerprint density at radius 3 is 2.00 bits per heavy atom. The van der Waals surface area contributed by atoms with Crippen LogP contribution in [0.3, 0.4) is 0 Å². The van der Waals surface area contributed by atoms with E-state index in [-0.39, 0.29) is 5.41 Å². The zero-order chi connectivity index (χ0) is 16.3. The molecule has 0 fully saturated rings. The van der Waals surface area contributed by atoms with Crippen LogP contribution in [0.4, 0.5) is 0 Å². The Bertz CT molecular complexity index is 458. The van der Waals surface area contributed by atoms with Crippen LogP contribution in [0.25, 0.3) is 5.57 Å². The topological polar surface area (TPSA) is 0 Å². The summed E-state index contributed by atoms with van der Waals surface area (Å²) in [5.74, 6) is 0.481. The summed E-state index contributed by atoms with van der Waals surface area (Å²) in [5, 5.41) is 0. The van der Waals surface area contributed by atoms with Gasteiger partial charge in [-0.1, -0.05) is 109 Å². The third-order valence-electron chi connectivity index (χ3n) is 3.07. The maximum absolute atomic E-state index is 2.32. The Hall–Kier alpha value is -1.56. The van der Waals surface area contributed by atoms with E-state index in [0.717, 1.165) is 0 Å². The zero-order valence-corrected chi connectivity index (χ0v) is 14.9. The molecule has 1 aliphatic carbocycles. The van der Waals surface area contributed by atoms with Gasteiger partial charge in [0.05, 0.1) is 0 Å². The maximum Gasteiger partial charge on any atom is 0.000795 e. The SMILES string of the molecule is CC.CC.CC1/C=C\C(C)(C)/C=C\C(c2ccccc2)=C/1. The first-order valence-electron chi connectivity index (χ1n) is 8.23. The molecule has 1 atom stereocenters. The fourth-order valence-electron chi connectivity index (χ4n) is 1.98. The van der Waals surface area contributed by atoms with E-state index in [4.69, 9.17) is 0 Å². The average molecular weight is 284 g/mol. The number of hydrogen-bond donors (Lipinski definition) is 0. The van der Waals surface area contributed by atoms with Crippen molar-refractivity contribution in [2.75, 3.05) is 0 Å². The first-order valence-corrected chi connectivity index (χ1v) is 8.23.